The molecule has 2 heteroatoms. The van der Waals surface area contributed by atoms with Crippen molar-refractivity contribution in [2.24, 2.45) is 0 Å². The van der Waals surface area contributed by atoms with Crippen LogP contribution in [-0.4, -0.2) is 0 Å². The maximum Gasteiger partial charge on any atom is 0.200 e. The largest absolute Gasteiger partial charge is 0.456 e. The Morgan fingerprint density at radius 1 is 0.400 bits per heavy atom. The maximum absolute atomic E-state index is 14.7. The quantitative estimate of drug-likeness (QED) is 0.163. The Labute approximate surface area is 376 Å². The van der Waals surface area contributed by atoms with Crippen molar-refractivity contribution in [1.29, 1.82) is 0 Å². The van der Waals surface area contributed by atoms with Crippen LogP contribution in [0.15, 0.2) is 227 Å². The maximum atomic E-state index is 14.7. The minimum Gasteiger partial charge on any atom is -0.456 e. The summed E-state index contributed by atoms with van der Waals surface area (Å²) in [5.74, 6) is 0.365. The number of allylic oxidation sites excluding steroid dienone is 4. The summed E-state index contributed by atoms with van der Waals surface area (Å²) in [5.41, 5.74) is 24.4. The average Bonchev–Trinajstić information content (AvgIpc) is 4.05. The molecule has 5 aliphatic carbocycles. The second-order valence-electron chi connectivity index (χ2n) is 18.5. The van der Waals surface area contributed by atoms with Crippen LogP contribution in [0.1, 0.15) is 56.8 Å². The van der Waals surface area contributed by atoms with E-state index in [2.05, 4.69) is 188 Å². The molecular weight excluding hydrogens is 789 g/mol. The summed E-state index contributed by atoms with van der Waals surface area (Å²) in [6.45, 7) is 0. The molecule has 0 N–H and O–H groups in total. The van der Waals surface area contributed by atoms with Gasteiger partial charge < -0.3 is 4.42 Å². The highest BCUT2D eigenvalue weighted by atomic mass is 16.3. The lowest BCUT2D eigenvalue weighted by molar-refractivity contribution is 0.660. The van der Waals surface area contributed by atoms with Gasteiger partial charge in [0.2, 0.25) is 5.43 Å². The molecule has 2 atom stereocenters. The molecule has 65 heavy (non-hydrogen) atoms. The third-order valence-electron chi connectivity index (χ3n) is 15.7. The van der Waals surface area contributed by atoms with Gasteiger partial charge in [0, 0.05) is 5.92 Å². The summed E-state index contributed by atoms with van der Waals surface area (Å²) < 4.78 is 6.51. The number of hydrogen-bond donors (Lipinski definition) is 0. The monoisotopic (exact) mass is 826 g/mol. The third kappa shape index (κ3) is 4.33. The smallest absolute Gasteiger partial charge is 0.200 e. The molecule has 15 rings (SSSR count). The Hall–Kier alpha value is -8.07. The molecule has 5 aliphatic rings. The van der Waals surface area contributed by atoms with Crippen LogP contribution in [0.25, 0.3) is 77.6 Å². The Kier molecular flexibility index (Phi) is 6.84. The van der Waals surface area contributed by atoms with Crippen LogP contribution in [0.3, 0.4) is 0 Å². The van der Waals surface area contributed by atoms with Crippen LogP contribution in [0, 0.1) is 0 Å². The Morgan fingerprint density at radius 3 is 1.37 bits per heavy atom. The molecule has 0 saturated carbocycles. The van der Waals surface area contributed by atoms with Gasteiger partial charge in [0.05, 0.1) is 21.6 Å². The first-order valence-electron chi connectivity index (χ1n) is 22.8. The molecule has 1 heterocycles. The van der Waals surface area contributed by atoms with Crippen LogP contribution in [0.4, 0.5) is 0 Å². The van der Waals surface area contributed by atoms with Crippen LogP contribution in [0.5, 0.6) is 0 Å². The van der Waals surface area contributed by atoms with Crippen molar-refractivity contribution >= 4 is 21.9 Å². The van der Waals surface area contributed by atoms with Gasteiger partial charge in [-0.2, -0.15) is 0 Å². The highest BCUT2D eigenvalue weighted by Gasteiger charge is 2.55. The fraction of sp³-hybridized carbons (Fsp3) is 0.0635. The van der Waals surface area contributed by atoms with E-state index in [9.17, 15) is 4.79 Å². The highest BCUT2D eigenvalue weighted by Crippen LogP contribution is 2.66. The van der Waals surface area contributed by atoms with Gasteiger partial charge in [0.1, 0.15) is 11.2 Å². The van der Waals surface area contributed by atoms with Crippen LogP contribution < -0.4 is 5.43 Å². The fourth-order valence-electron chi connectivity index (χ4n) is 13.2. The summed E-state index contributed by atoms with van der Waals surface area (Å²) in [4.78, 5) is 14.7. The van der Waals surface area contributed by atoms with Gasteiger partial charge in [-0.05, 0) is 149 Å². The van der Waals surface area contributed by atoms with Crippen molar-refractivity contribution in [1.82, 2.24) is 0 Å². The van der Waals surface area contributed by atoms with E-state index in [0.29, 0.717) is 27.9 Å². The molecule has 2 unspecified atom stereocenters. The van der Waals surface area contributed by atoms with Crippen molar-refractivity contribution in [2.75, 3.05) is 0 Å². The number of fused-ring (bicyclic) bond motifs is 22. The number of benzene rings is 9. The summed E-state index contributed by atoms with van der Waals surface area (Å²) in [5, 5.41) is 1.16. The van der Waals surface area contributed by atoms with E-state index >= 15 is 0 Å². The van der Waals surface area contributed by atoms with Crippen molar-refractivity contribution in [3.8, 4) is 55.6 Å². The first-order valence-corrected chi connectivity index (χ1v) is 22.8. The predicted molar refractivity (Wildman–Crippen MR) is 264 cm³/mol. The van der Waals surface area contributed by atoms with Crippen LogP contribution >= 0.6 is 0 Å². The van der Waals surface area contributed by atoms with E-state index in [1.165, 1.54) is 83.5 Å². The zero-order valence-electron chi connectivity index (χ0n) is 35.3. The van der Waals surface area contributed by atoms with Gasteiger partial charge in [-0.3, -0.25) is 4.79 Å². The molecule has 0 radical (unpaired) electrons. The Bertz CT molecular complexity index is 3870. The van der Waals surface area contributed by atoms with E-state index in [4.69, 9.17) is 4.42 Å². The summed E-state index contributed by atoms with van der Waals surface area (Å²) >= 11 is 0. The molecule has 0 fully saturated rings. The van der Waals surface area contributed by atoms with Crippen LogP contribution in [-0.2, 0) is 10.8 Å². The lowest BCUT2D eigenvalue weighted by atomic mass is 9.69. The number of hydrogen-bond acceptors (Lipinski definition) is 2. The van der Waals surface area contributed by atoms with E-state index in [1.54, 1.807) is 0 Å². The molecule has 2 spiro atoms. The molecule has 10 aromatic rings. The topological polar surface area (TPSA) is 30.2 Å². The molecule has 0 saturated heterocycles. The van der Waals surface area contributed by atoms with E-state index in [1.807, 2.05) is 24.3 Å². The first kappa shape index (κ1) is 35.4. The summed E-state index contributed by atoms with van der Waals surface area (Å²) in [7, 11) is 0. The molecule has 2 nitrogen and oxygen atoms in total. The molecule has 1 aromatic heterocycles. The van der Waals surface area contributed by atoms with Crippen molar-refractivity contribution in [2.45, 2.75) is 23.2 Å². The normalized spacial score (nSPS) is 18.2. The first-order chi connectivity index (χ1) is 32.1. The molecule has 0 bridgehead atoms. The second kappa shape index (κ2) is 12.6. The predicted octanol–water partition coefficient (Wildman–Crippen LogP) is 14.9. The zero-order valence-corrected chi connectivity index (χ0v) is 35.3. The van der Waals surface area contributed by atoms with Crippen molar-refractivity contribution < 1.29 is 4.42 Å². The summed E-state index contributed by atoms with van der Waals surface area (Å²) in [6, 6.07) is 70.7. The van der Waals surface area contributed by atoms with Gasteiger partial charge in [-0.25, -0.2) is 0 Å². The fourth-order valence-corrected chi connectivity index (χ4v) is 13.2. The van der Waals surface area contributed by atoms with Gasteiger partial charge in [-0.1, -0.05) is 176 Å². The lowest BCUT2D eigenvalue weighted by Gasteiger charge is -2.32. The van der Waals surface area contributed by atoms with Crippen molar-refractivity contribution in [3.63, 3.8) is 0 Å². The van der Waals surface area contributed by atoms with E-state index in [0.717, 1.165) is 28.7 Å². The van der Waals surface area contributed by atoms with Crippen LogP contribution in [0.2, 0.25) is 0 Å². The minimum absolute atomic E-state index is 0.0223. The Balaban J connectivity index is 0.854. The summed E-state index contributed by atoms with van der Waals surface area (Å²) in [6.07, 6.45) is 7.95. The lowest BCUT2D eigenvalue weighted by Crippen LogP contribution is -2.27. The number of rotatable bonds is 2. The molecular formula is C63H38O2. The molecule has 0 amide bonds. The highest BCUT2D eigenvalue weighted by molar-refractivity contribution is 5.98. The minimum atomic E-state index is -0.391. The van der Waals surface area contributed by atoms with E-state index < -0.39 is 5.41 Å². The SMILES string of the molecule is O=c1c2cc(-c3ccc4c(c3)-c3ccccc3C43C4=CC=CCC4c4ccccc43)ccc2oc2ccc(-c3ccc4c(c3)-c3ccccc3C43c4ccccc4-c4ccccc43)cc12. The Morgan fingerprint density at radius 2 is 0.815 bits per heavy atom. The van der Waals surface area contributed by atoms with E-state index in [-0.39, 0.29) is 10.8 Å². The average molecular weight is 827 g/mol. The van der Waals surface area contributed by atoms with Gasteiger partial charge in [-0.15, -0.1) is 0 Å². The van der Waals surface area contributed by atoms with Gasteiger partial charge in [0.25, 0.3) is 0 Å². The standard InChI is InChI=1S/C63H38O2/c64-61-49-35-39(37-25-29-57-47(33-37)45-17-5-11-23-55(45)62(57)51-19-7-1-13-41(51)42-14-2-8-20-52(42)62)27-31-59(49)65-60-32-28-40(36-50(60)61)38-26-30-58-48(34-38)46-18-6-12-24-56(46)63(58)53-21-9-3-15-43(53)44-16-4-10-22-54(44)63/h1-15,17-36,44H,16H2. The molecule has 9 aromatic carbocycles. The van der Waals surface area contributed by atoms with Gasteiger partial charge >= 0.3 is 0 Å². The van der Waals surface area contributed by atoms with Gasteiger partial charge in [0.15, 0.2) is 0 Å². The third-order valence-corrected chi connectivity index (χ3v) is 15.7. The second-order valence-corrected chi connectivity index (χ2v) is 18.5. The zero-order chi connectivity index (χ0) is 42.6. The van der Waals surface area contributed by atoms with Crippen molar-refractivity contribution in [3.05, 3.63) is 273 Å². The molecule has 302 valence electrons. The molecule has 0 aliphatic heterocycles.